The van der Waals surface area contributed by atoms with E-state index in [1.807, 2.05) is 11.8 Å². The zero-order valence-corrected chi connectivity index (χ0v) is 15.5. The molecule has 0 bridgehead atoms. The van der Waals surface area contributed by atoms with E-state index in [4.69, 9.17) is 0 Å². The third kappa shape index (κ3) is 3.63. The number of likely N-dealkylation sites (tertiary alicyclic amines) is 1. The summed E-state index contributed by atoms with van der Waals surface area (Å²) in [7, 11) is 0. The molecule has 1 fully saturated rings. The lowest BCUT2D eigenvalue weighted by Crippen LogP contribution is -2.52. The molecule has 2 heterocycles. The minimum atomic E-state index is 0.0770. The number of thiazole rings is 1. The Balaban J connectivity index is 1.66. The van der Waals surface area contributed by atoms with E-state index in [1.165, 1.54) is 17.7 Å². The fourth-order valence-electron chi connectivity index (χ4n) is 3.71. The topological polar surface area (TPSA) is 62.3 Å². The molecule has 24 heavy (non-hydrogen) atoms. The van der Waals surface area contributed by atoms with Gasteiger partial charge in [-0.3, -0.25) is 9.59 Å². The molecule has 2 amide bonds. The van der Waals surface area contributed by atoms with Gasteiger partial charge in [0.15, 0.2) is 5.01 Å². The van der Waals surface area contributed by atoms with Crippen LogP contribution in [0.15, 0.2) is 0 Å². The van der Waals surface area contributed by atoms with E-state index in [-0.39, 0.29) is 17.9 Å². The number of rotatable bonds is 4. The lowest BCUT2D eigenvalue weighted by Gasteiger charge is -2.38. The molecule has 1 aliphatic carbocycles. The zero-order chi connectivity index (χ0) is 17.1. The van der Waals surface area contributed by atoms with Crippen molar-refractivity contribution in [3.8, 4) is 0 Å². The van der Waals surface area contributed by atoms with Crippen molar-refractivity contribution in [2.75, 3.05) is 13.1 Å². The molecule has 2 aliphatic rings. The molecule has 0 radical (unpaired) electrons. The summed E-state index contributed by atoms with van der Waals surface area (Å²) in [4.78, 5) is 32.4. The Hall–Kier alpha value is -1.43. The van der Waals surface area contributed by atoms with Gasteiger partial charge in [-0.15, -0.1) is 11.3 Å². The summed E-state index contributed by atoms with van der Waals surface area (Å²) in [5.74, 6) is 0.506. The summed E-state index contributed by atoms with van der Waals surface area (Å²) in [5, 5.41) is 3.78. The van der Waals surface area contributed by atoms with Gasteiger partial charge in [-0.25, -0.2) is 4.98 Å². The van der Waals surface area contributed by atoms with Crippen molar-refractivity contribution in [2.45, 2.75) is 64.8 Å². The van der Waals surface area contributed by atoms with Gasteiger partial charge >= 0.3 is 0 Å². The number of hydrogen-bond acceptors (Lipinski definition) is 4. The predicted molar refractivity (Wildman–Crippen MR) is 95.3 cm³/mol. The molecule has 3 rings (SSSR count). The van der Waals surface area contributed by atoms with Crippen molar-refractivity contribution in [1.29, 1.82) is 0 Å². The van der Waals surface area contributed by atoms with Gasteiger partial charge in [0, 0.05) is 30.4 Å². The number of piperidine rings is 1. The summed E-state index contributed by atoms with van der Waals surface area (Å²) in [6.07, 6.45) is 6.80. The maximum Gasteiger partial charge on any atom is 0.282 e. The molecule has 0 saturated carbocycles. The molecule has 0 spiro atoms. The molecule has 5 nitrogen and oxygen atoms in total. The first-order valence-corrected chi connectivity index (χ1v) is 10.0. The van der Waals surface area contributed by atoms with Crippen LogP contribution in [0.3, 0.4) is 0 Å². The number of carbonyl (C=O) groups is 2. The Morgan fingerprint density at radius 2 is 2.08 bits per heavy atom. The molecule has 1 N–H and O–H groups in total. The van der Waals surface area contributed by atoms with Gasteiger partial charge in [-0.1, -0.05) is 13.8 Å². The standard InChI is InChI=1S/C18H27N3O2S/c1-3-12-11-21(10-9-13(12)19-16(22)4-2)18(23)17-20-14-7-5-6-8-15(14)24-17/h12-13H,3-11H2,1-2H3,(H,19,22)/t12-,13+/m1/s1. The second-order valence-corrected chi connectivity index (χ2v) is 7.92. The Kier molecular flexibility index (Phi) is 5.54. The molecule has 1 aromatic heterocycles. The average molecular weight is 350 g/mol. The highest BCUT2D eigenvalue weighted by atomic mass is 32.1. The van der Waals surface area contributed by atoms with Crippen molar-refractivity contribution in [2.24, 2.45) is 5.92 Å². The Morgan fingerprint density at radius 3 is 2.79 bits per heavy atom. The van der Waals surface area contributed by atoms with Crippen LogP contribution in [0.4, 0.5) is 0 Å². The minimum absolute atomic E-state index is 0.0770. The maximum atomic E-state index is 12.9. The molecular weight excluding hydrogens is 322 g/mol. The summed E-state index contributed by atoms with van der Waals surface area (Å²) in [5.41, 5.74) is 1.15. The smallest absolute Gasteiger partial charge is 0.282 e. The fourth-order valence-corrected chi connectivity index (χ4v) is 4.83. The molecule has 1 aromatic rings. The highest BCUT2D eigenvalue weighted by molar-refractivity contribution is 7.13. The first-order valence-electron chi connectivity index (χ1n) is 9.19. The summed E-state index contributed by atoms with van der Waals surface area (Å²) in [6.45, 7) is 5.42. The maximum absolute atomic E-state index is 12.9. The van der Waals surface area contributed by atoms with Gasteiger partial charge in [0.1, 0.15) is 0 Å². The monoisotopic (exact) mass is 349 g/mol. The lowest BCUT2D eigenvalue weighted by atomic mass is 9.89. The van der Waals surface area contributed by atoms with Crippen LogP contribution < -0.4 is 5.32 Å². The first kappa shape index (κ1) is 17.4. The van der Waals surface area contributed by atoms with Gasteiger partial charge in [0.25, 0.3) is 5.91 Å². The van der Waals surface area contributed by atoms with Gasteiger partial charge in [-0.2, -0.15) is 0 Å². The number of fused-ring (bicyclic) bond motifs is 1. The largest absolute Gasteiger partial charge is 0.353 e. The van der Waals surface area contributed by atoms with Crippen LogP contribution in [0.1, 0.15) is 66.3 Å². The molecule has 6 heteroatoms. The number of aromatic nitrogens is 1. The van der Waals surface area contributed by atoms with Crippen LogP contribution >= 0.6 is 11.3 Å². The van der Waals surface area contributed by atoms with Crippen LogP contribution in [-0.2, 0) is 17.6 Å². The van der Waals surface area contributed by atoms with E-state index in [1.54, 1.807) is 11.3 Å². The van der Waals surface area contributed by atoms with Gasteiger partial charge < -0.3 is 10.2 Å². The highest BCUT2D eigenvalue weighted by Gasteiger charge is 2.33. The normalized spacial score (nSPS) is 23.7. The number of nitrogens with zero attached hydrogens (tertiary/aromatic N) is 2. The van der Waals surface area contributed by atoms with Crippen molar-refractivity contribution < 1.29 is 9.59 Å². The highest BCUT2D eigenvalue weighted by Crippen LogP contribution is 2.29. The van der Waals surface area contributed by atoms with Gasteiger partial charge in [-0.05, 0) is 44.4 Å². The van der Waals surface area contributed by atoms with Crippen LogP contribution in [0.5, 0.6) is 0 Å². The van der Waals surface area contributed by atoms with Crippen LogP contribution in [0, 0.1) is 5.92 Å². The van der Waals surface area contributed by atoms with Gasteiger partial charge in [0.2, 0.25) is 5.91 Å². The molecule has 1 saturated heterocycles. The third-order valence-corrected chi connectivity index (χ3v) is 6.39. The molecule has 1 aliphatic heterocycles. The first-order chi connectivity index (χ1) is 11.6. The SMILES string of the molecule is CCC(=O)N[C@H]1CCN(C(=O)c2nc3c(s2)CCCC3)C[C@H]1CC. The lowest BCUT2D eigenvalue weighted by molar-refractivity contribution is -0.122. The quantitative estimate of drug-likeness (QED) is 0.909. The van der Waals surface area contributed by atoms with E-state index in [0.29, 0.717) is 30.4 Å². The molecule has 2 atom stereocenters. The van der Waals surface area contributed by atoms with E-state index in [0.717, 1.165) is 31.4 Å². The Bertz CT molecular complexity index is 590. The van der Waals surface area contributed by atoms with Crippen molar-refractivity contribution >= 4 is 23.2 Å². The van der Waals surface area contributed by atoms with Crippen LogP contribution in [0.2, 0.25) is 0 Å². The number of carbonyl (C=O) groups excluding carboxylic acids is 2. The second-order valence-electron chi connectivity index (χ2n) is 6.83. The summed E-state index contributed by atoms with van der Waals surface area (Å²) < 4.78 is 0. The van der Waals surface area contributed by atoms with Crippen molar-refractivity contribution in [3.05, 3.63) is 15.6 Å². The number of aryl methyl sites for hydroxylation is 2. The van der Waals surface area contributed by atoms with Crippen LogP contribution in [-0.4, -0.2) is 40.8 Å². The number of hydrogen-bond donors (Lipinski definition) is 1. The third-order valence-electron chi connectivity index (χ3n) is 5.24. The molecule has 132 valence electrons. The van der Waals surface area contributed by atoms with Gasteiger partial charge in [0.05, 0.1) is 5.69 Å². The van der Waals surface area contributed by atoms with E-state index in [9.17, 15) is 9.59 Å². The van der Waals surface area contributed by atoms with Crippen LogP contribution in [0.25, 0.3) is 0 Å². The average Bonchev–Trinajstić information content (AvgIpc) is 3.05. The number of amides is 2. The molecular formula is C18H27N3O2S. The van der Waals surface area contributed by atoms with E-state index in [2.05, 4.69) is 17.2 Å². The van der Waals surface area contributed by atoms with E-state index >= 15 is 0 Å². The number of nitrogens with one attached hydrogen (secondary N) is 1. The Morgan fingerprint density at radius 1 is 1.29 bits per heavy atom. The van der Waals surface area contributed by atoms with E-state index < -0.39 is 0 Å². The fraction of sp³-hybridized carbons (Fsp3) is 0.722. The Labute approximate surface area is 147 Å². The second kappa shape index (κ2) is 7.64. The minimum Gasteiger partial charge on any atom is -0.353 e. The zero-order valence-electron chi connectivity index (χ0n) is 14.6. The molecule has 0 aromatic carbocycles. The van der Waals surface area contributed by atoms with Crippen molar-refractivity contribution in [1.82, 2.24) is 15.2 Å². The summed E-state index contributed by atoms with van der Waals surface area (Å²) in [6, 6.07) is 0.191. The summed E-state index contributed by atoms with van der Waals surface area (Å²) >= 11 is 1.59. The van der Waals surface area contributed by atoms with Crippen molar-refractivity contribution in [3.63, 3.8) is 0 Å². The predicted octanol–water partition coefficient (Wildman–Crippen LogP) is 2.79. The molecule has 0 unspecified atom stereocenters.